The summed E-state index contributed by atoms with van der Waals surface area (Å²) in [5, 5.41) is 3.60. The molecule has 0 bridgehead atoms. The predicted molar refractivity (Wildman–Crippen MR) is 94.4 cm³/mol. The first-order valence-corrected chi connectivity index (χ1v) is 7.77. The van der Waals surface area contributed by atoms with Gasteiger partial charge in [-0.1, -0.05) is 23.6 Å². The first-order chi connectivity index (χ1) is 11.5. The lowest BCUT2D eigenvalue weighted by atomic mass is 9.97. The van der Waals surface area contributed by atoms with E-state index in [2.05, 4.69) is 16.2 Å². The van der Waals surface area contributed by atoms with E-state index in [1.807, 2.05) is 26.0 Å². The molecule has 1 aliphatic heterocycles. The van der Waals surface area contributed by atoms with Crippen molar-refractivity contribution < 1.29 is 4.39 Å². The average molecular weight is 340 g/mol. The molecule has 1 atom stereocenters. The Morgan fingerprint density at radius 3 is 2.67 bits per heavy atom. The lowest BCUT2D eigenvalue weighted by Gasteiger charge is -2.25. The SMILES string of the molecule is C#Cc1ccc(C2=NC(c3ccc(F)cc3Cl)C(C)=C(C)N2)nc1. The molecule has 1 N–H and O–H groups in total. The van der Waals surface area contributed by atoms with E-state index < -0.39 is 0 Å². The summed E-state index contributed by atoms with van der Waals surface area (Å²) in [6.45, 7) is 3.94. The van der Waals surface area contributed by atoms with Crippen LogP contribution in [0.3, 0.4) is 0 Å². The van der Waals surface area contributed by atoms with Gasteiger partial charge in [0.15, 0.2) is 5.84 Å². The van der Waals surface area contributed by atoms with Crippen LogP contribution in [-0.2, 0) is 0 Å². The molecule has 0 radical (unpaired) electrons. The third-order valence-corrected chi connectivity index (χ3v) is 4.32. The third-order valence-electron chi connectivity index (χ3n) is 4.00. The van der Waals surface area contributed by atoms with Gasteiger partial charge in [-0.2, -0.15) is 0 Å². The van der Waals surface area contributed by atoms with E-state index in [0.29, 0.717) is 22.1 Å². The average Bonchev–Trinajstić information content (AvgIpc) is 2.58. The Hall–Kier alpha value is -2.64. The number of hydrogen-bond donors (Lipinski definition) is 1. The van der Waals surface area contributed by atoms with Gasteiger partial charge in [0.1, 0.15) is 17.6 Å². The molecule has 3 rings (SSSR count). The minimum absolute atomic E-state index is 0.288. The van der Waals surface area contributed by atoms with Crippen LogP contribution < -0.4 is 5.32 Å². The second-order valence-electron chi connectivity index (χ2n) is 5.56. The standard InChI is InChI=1S/C19H15ClFN3/c1-4-13-5-8-17(22-10-13)19-23-12(3)11(2)18(24-19)15-7-6-14(21)9-16(15)20/h1,5-10,18H,2-3H3,(H,23,24). The van der Waals surface area contributed by atoms with Crippen molar-refractivity contribution in [1.29, 1.82) is 0 Å². The van der Waals surface area contributed by atoms with Gasteiger partial charge in [-0.3, -0.25) is 9.98 Å². The van der Waals surface area contributed by atoms with Crippen LogP contribution in [0.25, 0.3) is 0 Å². The lowest BCUT2D eigenvalue weighted by molar-refractivity contribution is 0.626. The topological polar surface area (TPSA) is 37.3 Å². The fourth-order valence-corrected chi connectivity index (χ4v) is 2.79. The molecule has 0 aliphatic carbocycles. The predicted octanol–water partition coefficient (Wildman–Crippen LogP) is 4.24. The lowest BCUT2D eigenvalue weighted by Crippen LogP contribution is -2.30. The molecular weight excluding hydrogens is 325 g/mol. The van der Waals surface area contributed by atoms with Crippen molar-refractivity contribution in [3.05, 3.63) is 75.5 Å². The molecule has 0 fully saturated rings. The zero-order chi connectivity index (χ0) is 17.3. The van der Waals surface area contributed by atoms with Crippen LogP contribution in [0, 0.1) is 18.2 Å². The maximum absolute atomic E-state index is 13.3. The van der Waals surface area contributed by atoms with Gasteiger partial charge in [0.2, 0.25) is 0 Å². The highest BCUT2D eigenvalue weighted by atomic mass is 35.5. The Morgan fingerprint density at radius 2 is 2.04 bits per heavy atom. The van der Waals surface area contributed by atoms with Gasteiger partial charge >= 0.3 is 0 Å². The highest BCUT2D eigenvalue weighted by molar-refractivity contribution is 6.31. The minimum Gasteiger partial charge on any atom is -0.343 e. The summed E-state index contributed by atoms with van der Waals surface area (Å²) >= 11 is 6.22. The van der Waals surface area contributed by atoms with E-state index in [9.17, 15) is 4.39 Å². The Balaban J connectivity index is 2.04. The Labute approximate surface area is 145 Å². The van der Waals surface area contributed by atoms with Gasteiger partial charge in [0.05, 0.1) is 0 Å². The zero-order valence-electron chi connectivity index (χ0n) is 13.3. The molecule has 2 aromatic rings. The Bertz CT molecular complexity index is 892. The summed E-state index contributed by atoms with van der Waals surface area (Å²) in [6, 6.07) is 7.70. The van der Waals surface area contributed by atoms with Crippen LogP contribution in [0.15, 0.2) is 52.8 Å². The molecule has 3 nitrogen and oxygen atoms in total. The normalized spacial score (nSPS) is 17.1. The minimum atomic E-state index is -0.369. The number of rotatable bonds is 2. The quantitative estimate of drug-likeness (QED) is 0.831. The summed E-state index contributed by atoms with van der Waals surface area (Å²) in [5.41, 5.74) is 4.13. The number of amidine groups is 1. The number of benzene rings is 1. The first-order valence-electron chi connectivity index (χ1n) is 7.39. The number of nitrogens with zero attached hydrogens (tertiary/aromatic N) is 2. The molecular formula is C19H15ClFN3. The van der Waals surface area contributed by atoms with Crippen molar-refractivity contribution in [2.75, 3.05) is 0 Å². The number of hydrogen-bond acceptors (Lipinski definition) is 3. The van der Waals surface area contributed by atoms with E-state index in [1.54, 1.807) is 12.3 Å². The molecule has 120 valence electrons. The Kier molecular flexibility index (Phi) is 4.37. The van der Waals surface area contributed by atoms with E-state index in [4.69, 9.17) is 23.0 Å². The van der Waals surface area contributed by atoms with Crippen molar-refractivity contribution in [1.82, 2.24) is 10.3 Å². The number of allylic oxidation sites excluding steroid dienone is 1. The fourth-order valence-electron chi connectivity index (χ4n) is 2.52. The molecule has 0 amide bonds. The van der Waals surface area contributed by atoms with E-state index in [0.717, 1.165) is 16.8 Å². The summed E-state index contributed by atoms with van der Waals surface area (Å²) in [4.78, 5) is 9.07. The number of nitrogens with one attached hydrogen (secondary N) is 1. The highest BCUT2D eigenvalue weighted by Gasteiger charge is 2.24. The molecule has 1 aromatic carbocycles. The molecule has 1 unspecified atom stereocenters. The second-order valence-corrected chi connectivity index (χ2v) is 5.96. The number of aromatic nitrogens is 1. The fraction of sp³-hybridized carbons (Fsp3) is 0.158. The molecule has 1 aromatic heterocycles. The molecule has 24 heavy (non-hydrogen) atoms. The maximum atomic E-state index is 13.3. The Morgan fingerprint density at radius 1 is 1.25 bits per heavy atom. The van der Waals surface area contributed by atoms with Gasteiger partial charge in [0.25, 0.3) is 0 Å². The van der Waals surface area contributed by atoms with Crippen molar-refractivity contribution in [2.45, 2.75) is 19.9 Å². The summed E-state index contributed by atoms with van der Waals surface area (Å²) in [5.74, 6) is 2.80. The molecule has 0 saturated carbocycles. The van der Waals surface area contributed by atoms with Crippen LogP contribution in [-0.4, -0.2) is 10.8 Å². The smallest absolute Gasteiger partial charge is 0.152 e. The summed E-state index contributed by atoms with van der Waals surface area (Å²) < 4.78 is 13.3. The van der Waals surface area contributed by atoms with Gasteiger partial charge in [-0.25, -0.2) is 4.39 Å². The van der Waals surface area contributed by atoms with E-state index >= 15 is 0 Å². The summed E-state index contributed by atoms with van der Waals surface area (Å²) in [7, 11) is 0. The highest BCUT2D eigenvalue weighted by Crippen LogP contribution is 2.35. The number of aliphatic imine (C=N–C) groups is 1. The van der Waals surface area contributed by atoms with Crippen molar-refractivity contribution >= 4 is 17.4 Å². The monoisotopic (exact) mass is 339 g/mol. The number of terminal acetylenes is 1. The molecule has 2 heterocycles. The molecule has 0 saturated heterocycles. The largest absolute Gasteiger partial charge is 0.343 e. The maximum Gasteiger partial charge on any atom is 0.152 e. The van der Waals surface area contributed by atoms with E-state index in [-0.39, 0.29) is 11.9 Å². The summed E-state index contributed by atoms with van der Waals surface area (Å²) in [6.07, 6.45) is 6.98. The van der Waals surface area contributed by atoms with Crippen molar-refractivity contribution in [2.24, 2.45) is 4.99 Å². The van der Waals surface area contributed by atoms with Gasteiger partial charge in [-0.05, 0) is 49.2 Å². The molecule has 1 aliphatic rings. The third kappa shape index (κ3) is 3.04. The van der Waals surface area contributed by atoms with Crippen LogP contribution in [0.4, 0.5) is 4.39 Å². The second kappa shape index (κ2) is 6.46. The van der Waals surface area contributed by atoms with Gasteiger partial charge in [-0.15, -0.1) is 6.42 Å². The van der Waals surface area contributed by atoms with Crippen molar-refractivity contribution in [3.8, 4) is 12.3 Å². The molecule has 0 spiro atoms. The van der Waals surface area contributed by atoms with Crippen molar-refractivity contribution in [3.63, 3.8) is 0 Å². The van der Waals surface area contributed by atoms with Crippen LogP contribution in [0.2, 0.25) is 5.02 Å². The zero-order valence-corrected chi connectivity index (χ0v) is 14.0. The molecule has 5 heteroatoms. The van der Waals surface area contributed by atoms with Crippen LogP contribution in [0.1, 0.15) is 36.7 Å². The van der Waals surface area contributed by atoms with E-state index in [1.165, 1.54) is 12.1 Å². The van der Waals surface area contributed by atoms with Crippen LogP contribution in [0.5, 0.6) is 0 Å². The van der Waals surface area contributed by atoms with Gasteiger partial charge in [0, 0.05) is 22.5 Å². The first kappa shape index (κ1) is 16.2. The number of pyridine rings is 1. The van der Waals surface area contributed by atoms with Crippen LogP contribution >= 0.6 is 11.6 Å². The van der Waals surface area contributed by atoms with Gasteiger partial charge < -0.3 is 5.32 Å². The number of halogens is 2.